The third-order valence-corrected chi connectivity index (χ3v) is 4.28. The Morgan fingerprint density at radius 2 is 2.00 bits per heavy atom. The average molecular weight is 340 g/mol. The monoisotopic (exact) mass is 340 g/mol. The summed E-state index contributed by atoms with van der Waals surface area (Å²) in [7, 11) is 0. The number of amidine groups is 1. The lowest BCUT2D eigenvalue weighted by Gasteiger charge is -2.10. The molecule has 0 aromatic heterocycles. The molecule has 122 valence electrons. The number of nitrogens with zero attached hydrogens (tertiary/aromatic N) is 2. The fraction of sp³-hybridized carbons (Fsp3) is 0.118. The lowest BCUT2D eigenvalue weighted by Crippen LogP contribution is -2.31. The van der Waals surface area contributed by atoms with Crippen molar-refractivity contribution in [1.29, 1.82) is 0 Å². The van der Waals surface area contributed by atoms with Crippen molar-refractivity contribution in [3.63, 3.8) is 0 Å². The molecule has 1 heterocycles. The molecule has 0 atom stereocenters. The maximum Gasteiger partial charge on any atom is 0.255 e. The number of benzene rings is 2. The number of amides is 2. The first-order chi connectivity index (χ1) is 11.6. The molecule has 0 spiro atoms. The van der Waals surface area contributed by atoms with Crippen LogP contribution in [-0.4, -0.2) is 23.4 Å². The summed E-state index contributed by atoms with van der Waals surface area (Å²) < 4.78 is 0. The van der Waals surface area contributed by atoms with Gasteiger partial charge in [-0.15, -0.1) is 11.8 Å². The van der Waals surface area contributed by atoms with Crippen molar-refractivity contribution < 1.29 is 9.59 Å². The van der Waals surface area contributed by atoms with Crippen LogP contribution in [0.2, 0.25) is 0 Å². The normalized spacial score (nSPS) is 13.8. The summed E-state index contributed by atoms with van der Waals surface area (Å²) in [6.07, 6.45) is 0.0869. The zero-order valence-corrected chi connectivity index (χ0v) is 13.6. The lowest BCUT2D eigenvalue weighted by atomic mass is 10.3. The lowest BCUT2D eigenvalue weighted by molar-refractivity contribution is -0.117. The first-order valence-corrected chi connectivity index (χ1v) is 8.34. The molecule has 0 aliphatic carbocycles. The average Bonchev–Trinajstić information content (AvgIpc) is 2.94. The van der Waals surface area contributed by atoms with E-state index in [4.69, 9.17) is 5.73 Å². The summed E-state index contributed by atoms with van der Waals surface area (Å²) in [4.78, 5) is 25.0. The molecule has 2 aromatic carbocycles. The van der Waals surface area contributed by atoms with Gasteiger partial charge in [0, 0.05) is 10.6 Å². The summed E-state index contributed by atoms with van der Waals surface area (Å²) in [6, 6.07) is 16.4. The Labute approximate surface area is 143 Å². The largest absolute Gasteiger partial charge is 0.399 e. The second-order valence-corrected chi connectivity index (χ2v) is 6.22. The Kier molecular flexibility index (Phi) is 4.81. The molecule has 7 heteroatoms. The first-order valence-electron chi connectivity index (χ1n) is 7.35. The predicted molar refractivity (Wildman–Crippen MR) is 95.7 cm³/mol. The highest BCUT2D eigenvalue weighted by atomic mass is 32.2. The van der Waals surface area contributed by atoms with Crippen LogP contribution in [0.4, 0.5) is 11.4 Å². The number of thioether (sulfide) groups is 1. The number of nitrogens with two attached hydrogens (primary N) is 1. The van der Waals surface area contributed by atoms with Gasteiger partial charge in [-0.1, -0.05) is 24.3 Å². The number of carbonyl (C=O) groups is 2. The molecule has 24 heavy (non-hydrogen) atoms. The van der Waals surface area contributed by atoms with Crippen molar-refractivity contribution in [2.75, 3.05) is 16.5 Å². The van der Waals surface area contributed by atoms with Crippen LogP contribution in [-0.2, 0) is 9.59 Å². The molecule has 6 nitrogen and oxygen atoms in total. The number of hydrazone groups is 1. The van der Waals surface area contributed by atoms with Gasteiger partial charge in [0.15, 0.2) is 0 Å². The third-order valence-electron chi connectivity index (χ3n) is 3.29. The van der Waals surface area contributed by atoms with E-state index in [1.165, 1.54) is 16.8 Å². The molecule has 0 radical (unpaired) electrons. The fourth-order valence-corrected chi connectivity index (χ4v) is 2.98. The highest BCUT2D eigenvalue weighted by Crippen LogP contribution is 2.21. The van der Waals surface area contributed by atoms with E-state index in [1.807, 2.05) is 36.4 Å². The number of nitrogens with one attached hydrogen (secondary N) is 1. The minimum absolute atomic E-state index is 0.0869. The topological polar surface area (TPSA) is 87.8 Å². The fourth-order valence-electron chi connectivity index (χ4n) is 2.22. The van der Waals surface area contributed by atoms with Crippen molar-refractivity contribution >= 4 is 40.8 Å². The van der Waals surface area contributed by atoms with Gasteiger partial charge in [0.2, 0.25) is 5.91 Å². The summed E-state index contributed by atoms with van der Waals surface area (Å²) in [5.41, 5.74) is 7.05. The highest BCUT2D eigenvalue weighted by molar-refractivity contribution is 8.00. The minimum Gasteiger partial charge on any atom is -0.399 e. The first kappa shape index (κ1) is 16.1. The molecule has 2 aromatic rings. The third kappa shape index (κ3) is 3.94. The summed E-state index contributed by atoms with van der Waals surface area (Å²) in [5.74, 6) is 0.216. The maximum absolute atomic E-state index is 12.0. The second-order valence-electron chi connectivity index (χ2n) is 5.17. The summed E-state index contributed by atoms with van der Waals surface area (Å²) in [6.45, 7) is 0. The predicted octanol–water partition coefficient (Wildman–Crippen LogP) is 2.23. The zero-order chi connectivity index (χ0) is 16.9. The van der Waals surface area contributed by atoms with E-state index < -0.39 is 0 Å². The van der Waals surface area contributed by atoms with Crippen LogP contribution in [0.1, 0.15) is 6.42 Å². The number of hydrogen-bond acceptors (Lipinski definition) is 5. The van der Waals surface area contributed by atoms with Gasteiger partial charge < -0.3 is 11.1 Å². The van der Waals surface area contributed by atoms with Crippen LogP contribution in [0.25, 0.3) is 0 Å². The van der Waals surface area contributed by atoms with E-state index in [0.717, 1.165) is 4.90 Å². The molecular formula is C17H16N4O2S. The van der Waals surface area contributed by atoms with Crippen molar-refractivity contribution in [2.45, 2.75) is 11.3 Å². The molecule has 0 saturated carbocycles. The molecule has 0 bridgehead atoms. The molecule has 0 unspecified atom stereocenters. The van der Waals surface area contributed by atoms with E-state index in [-0.39, 0.29) is 24.0 Å². The van der Waals surface area contributed by atoms with Crippen LogP contribution in [0.3, 0.4) is 0 Å². The van der Waals surface area contributed by atoms with Gasteiger partial charge in [0.1, 0.15) is 5.84 Å². The Balaban J connectivity index is 1.58. The second kappa shape index (κ2) is 7.18. The smallest absolute Gasteiger partial charge is 0.255 e. The quantitative estimate of drug-likeness (QED) is 0.660. The van der Waals surface area contributed by atoms with Crippen LogP contribution in [0.5, 0.6) is 0 Å². The van der Waals surface area contributed by atoms with Crippen LogP contribution < -0.4 is 16.1 Å². The van der Waals surface area contributed by atoms with E-state index in [2.05, 4.69) is 10.4 Å². The molecule has 1 aliphatic rings. The van der Waals surface area contributed by atoms with E-state index in [9.17, 15) is 9.59 Å². The number of nitrogen functional groups attached to an aromatic ring is 1. The molecule has 3 N–H and O–H groups in total. The Morgan fingerprint density at radius 3 is 2.75 bits per heavy atom. The van der Waals surface area contributed by atoms with Crippen LogP contribution >= 0.6 is 11.8 Å². The van der Waals surface area contributed by atoms with Crippen LogP contribution in [0.15, 0.2) is 64.6 Å². The molecule has 0 fully saturated rings. The van der Waals surface area contributed by atoms with Crippen molar-refractivity contribution in [3.05, 3.63) is 54.6 Å². The van der Waals surface area contributed by atoms with Gasteiger partial charge in [-0.2, -0.15) is 10.1 Å². The van der Waals surface area contributed by atoms with Gasteiger partial charge in [-0.05, 0) is 30.3 Å². The van der Waals surface area contributed by atoms with Crippen LogP contribution in [0, 0.1) is 0 Å². The maximum atomic E-state index is 12.0. The highest BCUT2D eigenvalue weighted by Gasteiger charge is 2.26. The van der Waals surface area contributed by atoms with E-state index >= 15 is 0 Å². The van der Waals surface area contributed by atoms with Gasteiger partial charge in [-0.3, -0.25) is 9.59 Å². The van der Waals surface area contributed by atoms with Gasteiger partial charge in [0.25, 0.3) is 5.91 Å². The van der Waals surface area contributed by atoms with Gasteiger partial charge in [0.05, 0.1) is 17.9 Å². The van der Waals surface area contributed by atoms with Crippen molar-refractivity contribution in [1.82, 2.24) is 5.32 Å². The van der Waals surface area contributed by atoms with E-state index in [1.54, 1.807) is 18.2 Å². The minimum atomic E-state index is -0.205. The standard InChI is InChI=1S/C17H16N4O2S/c18-12-5-4-8-14(9-12)24-11-16(22)19-15-10-17(23)21(20-15)13-6-2-1-3-7-13/h1-9H,10-11,18H2,(H,19,20,22). The summed E-state index contributed by atoms with van der Waals surface area (Å²) in [5, 5.41) is 8.18. The molecule has 2 amide bonds. The van der Waals surface area contributed by atoms with Crippen molar-refractivity contribution in [3.8, 4) is 0 Å². The summed E-state index contributed by atoms with van der Waals surface area (Å²) >= 11 is 1.38. The number of carbonyl (C=O) groups excluding carboxylic acids is 2. The van der Waals surface area contributed by atoms with Crippen molar-refractivity contribution in [2.24, 2.45) is 5.10 Å². The molecule has 0 saturated heterocycles. The number of hydrogen-bond donors (Lipinski definition) is 2. The SMILES string of the molecule is Nc1cccc(SCC(=O)NC2=NN(c3ccccc3)C(=O)C2)c1. The zero-order valence-electron chi connectivity index (χ0n) is 12.8. The Hall–Kier alpha value is -2.80. The van der Waals surface area contributed by atoms with Gasteiger partial charge >= 0.3 is 0 Å². The molecule has 1 aliphatic heterocycles. The molecule has 3 rings (SSSR count). The van der Waals surface area contributed by atoms with Gasteiger partial charge in [-0.25, -0.2) is 0 Å². The van der Waals surface area contributed by atoms with E-state index in [0.29, 0.717) is 17.2 Å². The Morgan fingerprint density at radius 1 is 1.21 bits per heavy atom. The number of para-hydroxylation sites is 1. The Bertz CT molecular complexity index is 792. The molecular weight excluding hydrogens is 324 g/mol. The number of anilines is 2. The number of rotatable bonds is 4.